The molecule has 1 aliphatic carbocycles. The van der Waals surface area contributed by atoms with E-state index in [0.717, 1.165) is 11.1 Å². The molecule has 1 N–H and O–H groups in total. The van der Waals surface area contributed by atoms with Gasteiger partial charge in [-0.2, -0.15) is 0 Å². The monoisotopic (exact) mass is 501 g/mol. The summed E-state index contributed by atoms with van der Waals surface area (Å²) in [5.74, 6) is 0.155. The molecule has 5 rings (SSSR count). The van der Waals surface area contributed by atoms with Crippen LogP contribution in [0.15, 0.2) is 102 Å². The number of hydrogen-bond donors (Lipinski definition) is 1. The predicted octanol–water partition coefficient (Wildman–Crippen LogP) is 6.40. The van der Waals surface area contributed by atoms with Gasteiger partial charge in [-0.15, -0.1) is 0 Å². The largest absolute Gasteiger partial charge is 0.457 e. The van der Waals surface area contributed by atoms with Crippen molar-refractivity contribution < 1.29 is 22.3 Å². The second-order valence-corrected chi connectivity index (χ2v) is 11.0. The van der Waals surface area contributed by atoms with E-state index in [1.165, 1.54) is 12.1 Å². The van der Waals surface area contributed by atoms with Gasteiger partial charge in [0.2, 0.25) is 5.91 Å². The smallest absolute Gasteiger partial charge is 0.228 e. The quantitative estimate of drug-likeness (QED) is 0.303. The average Bonchev–Trinajstić information content (AvgIpc) is 3.72. The van der Waals surface area contributed by atoms with Gasteiger partial charge in [-0.25, -0.2) is 12.8 Å². The van der Waals surface area contributed by atoms with E-state index in [9.17, 15) is 17.6 Å². The Bertz CT molecular complexity index is 1500. The Balaban J connectivity index is 1.34. The Morgan fingerprint density at radius 3 is 2.33 bits per heavy atom. The Kier molecular flexibility index (Phi) is 6.57. The van der Waals surface area contributed by atoms with Crippen LogP contribution in [-0.4, -0.2) is 19.6 Å². The fourth-order valence-corrected chi connectivity index (χ4v) is 5.61. The third-order valence-corrected chi connectivity index (χ3v) is 8.23. The van der Waals surface area contributed by atoms with E-state index in [1.807, 2.05) is 36.4 Å². The minimum absolute atomic E-state index is 0.0876. The summed E-state index contributed by atoms with van der Waals surface area (Å²) in [5.41, 5.74) is 2.95. The normalized spacial score (nSPS) is 13.2. The summed E-state index contributed by atoms with van der Waals surface area (Å²) in [6, 6.07) is 27.3. The molecular formula is C29H24FNO4S. The van der Waals surface area contributed by atoms with Crippen LogP contribution in [0.25, 0.3) is 11.1 Å². The Labute approximate surface area is 209 Å². The summed E-state index contributed by atoms with van der Waals surface area (Å²) in [6.45, 7) is 0. The Morgan fingerprint density at radius 1 is 0.889 bits per heavy atom. The van der Waals surface area contributed by atoms with Crippen LogP contribution in [0, 0.1) is 5.82 Å². The molecule has 5 nitrogen and oxygen atoms in total. The third kappa shape index (κ3) is 5.47. The molecule has 1 aliphatic rings. The van der Waals surface area contributed by atoms with E-state index in [0.29, 0.717) is 40.5 Å². The zero-order chi connectivity index (χ0) is 25.1. The first-order chi connectivity index (χ1) is 17.4. The lowest BCUT2D eigenvalue weighted by Gasteiger charge is -2.14. The van der Waals surface area contributed by atoms with Crippen molar-refractivity contribution in [3.8, 4) is 22.6 Å². The summed E-state index contributed by atoms with van der Waals surface area (Å²) in [5, 5.41) is 2.60. The number of ether oxygens (including phenoxy) is 1. The first-order valence-electron chi connectivity index (χ1n) is 11.6. The highest BCUT2D eigenvalue weighted by molar-refractivity contribution is 7.92. The van der Waals surface area contributed by atoms with E-state index in [1.54, 1.807) is 48.5 Å². The van der Waals surface area contributed by atoms with Gasteiger partial charge in [-0.05, 0) is 60.4 Å². The number of hydrogen-bond acceptors (Lipinski definition) is 4. The summed E-state index contributed by atoms with van der Waals surface area (Å²) in [6.07, 6.45) is 1.51. The van der Waals surface area contributed by atoms with Gasteiger partial charge in [0.25, 0.3) is 0 Å². The number of amides is 1. The maximum Gasteiger partial charge on any atom is 0.228 e. The molecule has 0 spiro atoms. The summed E-state index contributed by atoms with van der Waals surface area (Å²) >= 11 is 0. The number of carbonyl (C=O) groups excluding carboxylic acids is 1. The molecule has 0 aromatic heterocycles. The molecule has 0 atom stereocenters. The number of carbonyl (C=O) groups is 1. The summed E-state index contributed by atoms with van der Waals surface area (Å²) in [7, 11) is -3.26. The molecule has 4 aromatic carbocycles. The average molecular weight is 502 g/mol. The third-order valence-electron chi connectivity index (χ3n) is 5.95. The molecule has 1 fully saturated rings. The van der Waals surface area contributed by atoms with Gasteiger partial charge in [-0.3, -0.25) is 4.79 Å². The van der Waals surface area contributed by atoms with Gasteiger partial charge in [-0.1, -0.05) is 48.5 Å². The molecule has 4 aromatic rings. The number of halogens is 1. The molecule has 0 saturated heterocycles. The van der Waals surface area contributed by atoms with E-state index < -0.39 is 15.7 Å². The van der Waals surface area contributed by atoms with E-state index in [2.05, 4.69) is 5.32 Å². The van der Waals surface area contributed by atoms with Gasteiger partial charge in [0.1, 0.15) is 17.3 Å². The number of benzene rings is 4. The van der Waals surface area contributed by atoms with Crippen LogP contribution in [0.4, 0.5) is 10.1 Å². The van der Waals surface area contributed by atoms with Crippen LogP contribution in [0.2, 0.25) is 0 Å². The molecular weight excluding hydrogens is 477 g/mol. The predicted molar refractivity (Wildman–Crippen MR) is 137 cm³/mol. The lowest BCUT2D eigenvalue weighted by Crippen LogP contribution is -2.14. The first kappa shape index (κ1) is 23.8. The number of anilines is 1. The van der Waals surface area contributed by atoms with Crippen LogP contribution in [0.3, 0.4) is 0 Å². The SMILES string of the molecule is O=C(Cc1ccc(S(=O)(=O)C2CC2)cc1)Nc1ccc(-c2ccccc2)c(Oc2cccc(F)c2)c1. The van der Waals surface area contributed by atoms with E-state index in [4.69, 9.17) is 4.74 Å². The van der Waals surface area contributed by atoms with Gasteiger partial charge in [0.15, 0.2) is 9.84 Å². The van der Waals surface area contributed by atoms with E-state index >= 15 is 0 Å². The van der Waals surface area contributed by atoms with Crippen LogP contribution >= 0.6 is 0 Å². The minimum Gasteiger partial charge on any atom is -0.457 e. The zero-order valence-corrected chi connectivity index (χ0v) is 20.2. The van der Waals surface area contributed by atoms with Crippen molar-refractivity contribution in [2.24, 2.45) is 0 Å². The molecule has 0 bridgehead atoms. The molecule has 36 heavy (non-hydrogen) atoms. The Morgan fingerprint density at radius 2 is 1.64 bits per heavy atom. The van der Waals surface area contributed by atoms with Crippen molar-refractivity contribution >= 4 is 21.4 Å². The summed E-state index contributed by atoms with van der Waals surface area (Å²) < 4.78 is 44.5. The molecule has 7 heteroatoms. The molecule has 0 radical (unpaired) electrons. The topological polar surface area (TPSA) is 72.5 Å². The van der Waals surface area contributed by atoms with Crippen LogP contribution in [0.5, 0.6) is 11.5 Å². The minimum atomic E-state index is -3.26. The van der Waals surface area contributed by atoms with Gasteiger partial charge >= 0.3 is 0 Å². The second kappa shape index (κ2) is 9.95. The standard InChI is InChI=1S/C29H24FNO4S/c30-22-7-4-8-24(18-22)35-28-19-23(11-16-27(28)21-5-2-1-3-6-21)31-29(32)17-20-9-12-25(13-10-20)36(33,34)26-14-15-26/h1-13,16,18-19,26H,14-15,17H2,(H,31,32). The van der Waals surface area contributed by atoms with Gasteiger partial charge in [0, 0.05) is 23.4 Å². The van der Waals surface area contributed by atoms with E-state index in [-0.39, 0.29) is 17.6 Å². The van der Waals surface area contributed by atoms with Crippen molar-refractivity contribution in [3.63, 3.8) is 0 Å². The highest BCUT2D eigenvalue weighted by Gasteiger charge is 2.36. The lowest BCUT2D eigenvalue weighted by atomic mass is 10.0. The fourth-order valence-electron chi connectivity index (χ4n) is 3.96. The molecule has 1 saturated carbocycles. The van der Waals surface area contributed by atoms with Gasteiger partial charge < -0.3 is 10.1 Å². The number of nitrogens with one attached hydrogen (secondary N) is 1. The maximum absolute atomic E-state index is 13.7. The molecule has 0 aliphatic heterocycles. The highest BCUT2D eigenvalue weighted by atomic mass is 32.2. The zero-order valence-electron chi connectivity index (χ0n) is 19.4. The lowest BCUT2D eigenvalue weighted by molar-refractivity contribution is -0.115. The second-order valence-electron chi connectivity index (χ2n) is 8.75. The van der Waals surface area contributed by atoms with Crippen molar-refractivity contribution in [1.29, 1.82) is 0 Å². The van der Waals surface area contributed by atoms with Crippen LogP contribution in [-0.2, 0) is 21.1 Å². The van der Waals surface area contributed by atoms with Crippen LogP contribution < -0.4 is 10.1 Å². The molecule has 0 heterocycles. The fraction of sp³-hybridized carbons (Fsp3) is 0.138. The number of sulfone groups is 1. The highest BCUT2D eigenvalue weighted by Crippen LogP contribution is 2.36. The Hall–Kier alpha value is -3.97. The molecule has 1 amide bonds. The van der Waals surface area contributed by atoms with Crippen molar-refractivity contribution in [2.45, 2.75) is 29.4 Å². The molecule has 0 unspecified atom stereocenters. The van der Waals surface area contributed by atoms with Crippen molar-refractivity contribution in [3.05, 3.63) is 108 Å². The van der Waals surface area contributed by atoms with Crippen molar-refractivity contribution in [2.75, 3.05) is 5.32 Å². The van der Waals surface area contributed by atoms with Crippen LogP contribution in [0.1, 0.15) is 18.4 Å². The number of rotatable bonds is 8. The first-order valence-corrected chi connectivity index (χ1v) is 13.2. The molecule has 182 valence electrons. The van der Waals surface area contributed by atoms with Crippen molar-refractivity contribution in [1.82, 2.24) is 0 Å². The van der Waals surface area contributed by atoms with Gasteiger partial charge in [0.05, 0.1) is 16.6 Å². The summed E-state index contributed by atoms with van der Waals surface area (Å²) in [4.78, 5) is 13.0. The maximum atomic E-state index is 13.7.